The van der Waals surface area contributed by atoms with Gasteiger partial charge in [0.2, 0.25) is 0 Å². The summed E-state index contributed by atoms with van der Waals surface area (Å²) in [7, 11) is 0. The van der Waals surface area contributed by atoms with E-state index in [1.54, 1.807) is 0 Å². The van der Waals surface area contributed by atoms with Crippen molar-refractivity contribution in [3.8, 4) is 11.3 Å². The fourth-order valence-corrected chi connectivity index (χ4v) is 3.38. The third-order valence-corrected chi connectivity index (χ3v) is 4.36. The van der Waals surface area contributed by atoms with Crippen LogP contribution in [0, 0.1) is 6.07 Å². The van der Waals surface area contributed by atoms with Gasteiger partial charge in [0.1, 0.15) is 0 Å². The van der Waals surface area contributed by atoms with Gasteiger partial charge in [0, 0.05) is 38.0 Å². The first-order valence-electron chi connectivity index (χ1n) is 6.17. The summed E-state index contributed by atoms with van der Waals surface area (Å²) in [5.41, 5.74) is 2.02. The van der Waals surface area contributed by atoms with E-state index < -0.39 is 0 Å². The highest BCUT2D eigenvalue weighted by Crippen LogP contribution is 2.35. The van der Waals surface area contributed by atoms with Crippen molar-refractivity contribution in [1.82, 2.24) is 4.98 Å². The third-order valence-electron chi connectivity index (χ3n) is 3.22. The number of rotatable bonds is 1. The molecule has 0 fully saturated rings. The molecule has 1 radical (unpaired) electrons. The maximum Gasteiger partial charge on any atom is 0.0708 e. The Kier molecular flexibility index (Phi) is 2.35. The van der Waals surface area contributed by atoms with Gasteiger partial charge in [-0.05, 0) is 24.3 Å². The molecule has 0 aliphatic carbocycles. The largest absolute Gasteiger partial charge is 0.256 e. The van der Waals surface area contributed by atoms with Crippen LogP contribution in [0.4, 0.5) is 0 Å². The third kappa shape index (κ3) is 1.72. The molecular weight excluding hydrogens is 250 g/mol. The molecule has 4 aromatic rings. The van der Waals surface area contributed by atoms with E-state index in [1.165, 1.54) is 20.2 Å². The van der Waals surface area contributed by atoms with Gasteiger partial charge in [-0.3, -0.25) is 4.98 Å². The summed E-state index contributed by atoms with van der Waals surface area (Å²) in [5, 5.41) is 2.48. The second kappa shape index (κ2) is 4.18. The Morgan fingerprint density at radius 2 is 1.74 bits per heavy atom. The average Bonchev–Trinajstić information content (AvgIpc) is 2.86. The minimum absolute atomic E-state index is 0.972. The molecule has 2 heteroatoms. The van der Waals surface area contributed by atoms with Crippen LogP contribution in [0.1, 0.15) is 0 Å². The highest BCUT2D eigenvalue weighted by molar-refractivity contribution is 7.25. The van der Waals surface area contributed by atoms with Crippen LogP contribution < -0.4 is 0 Å². The molecule has 0 unspecified atom stereocenters. The Labute approximate surface area is 115 Å². The number of thiophene rings is 1. The Hall–Kier alpha value is -2.19. The zero-order chi connectivity index (χ0) is 12.7. The van der Waals surface area contributed by atoms with E-state index >= 15 is 0 Å². The molecule has 0 amide bonds. The SMILES string of the molecule is [c]1c(-c2ccccn2)ccc2sc3ccccc3c12. The molecule has 0 spiro atoms. The van der Waals surface area contributed by atoms with Gasteiger partial charge >= 0.3 is 0 Å². The topological polar surface area (TPSA) is 12.9 Å². The molecule has 1 nitrogen and oxygen atoms in total. The monoisotopic (exact) mass is 260 g/mol. The molecular formula is C17H10NS. The lowest BCUT2D eigenvalue weighted by atomic mass is 10.1. The minimum atomic E-state index is 0.972. The van der Waals surface area contributed by atoms with Crippen LogP contribution in [0.5, 0.6) is 0 Å². The molecule has 2 aromatic heterocycles. The van der Waals surface area contributed by atoms with Gasteiger partial charge in [-0.1, -0.05) is 30.3 Å². The van der Waals surface area contributed by atoms with Crippen LogP contribution in [-0.2, 0) is 0 Å². The molecule has 0 aliphatic heterocycles. The zero-order valence-corrected chi connectivity index (χ0v) is 10.9. The number of aromatic nitrogens is 1. The molecule has 0 saturated carbocycles. The quantitative estimate of drug-likeness (QED) is 0.473. The Bertz CT molecular complexity index is 862. The standard InChI is InChI=1S/C17H10NS/c1-2-7-16-13(5-1)14-11-12(8-9-17(14)19-16)15-6-3-4-10-18-15/h1-10H. The lowest BCUT2D eigenvalue weighted by molar-refractivity contribution is 1.33. The van der Waals surface area contributed by atoms with Crippen molar-refractivity contribution in [2.75, 3.05) is 0 Å². The fraction of sp³-hybridized carbons (Fsp3) is 0. The molecule has 19 heavy (non-hydrogen) atoms. The summed E-state index contributed by atoms with van der Waals surface area (Å²) < 4.78 is 2.59. The van der Waals surface area contributed by atoms with Crippen LogP contribution in [0.3, 0.4) is 0 Å². The first-order chi connectivity index (χ1) is 9.42. The molecule has 89 valence electrons. The molecule has 0 atom stereocenters. The van der Waals surface area contributed by atoms with Crippen molar-refractivity contribution in [3.05, 3.63) is 66.9 Å². The first kappa shape index (κ1) is 10.7. The van der Waals surface area contributed by atoms with Gasteiger partial charge in [0.05, 0.1) is 5.69 Å². The van der Waals surface area contributed by atoms with Crippen LogP contribution in [0.15, 0.2) is 60.8 Å². The van der Waals surface area contributed by atoms with Gasteiger partial charge in [-0.2, -0.15) is 0 Å². The Morgan fingerprint density at radius 3 is 2.63 bits per heavy atom. The molecule has 0 saturated heterocycles. The molecule has 0 aliphatic rings. The highest BCUT2D eigenvalue weighted by atomic mass is 32.1. The van der Waals surface area contributed by atoms with E-state index in [2.05, 4.69) is 47.4 Å². The fourth-order valence-electron chi connectivity index (χ4n) is 2.32. The number of hydrogen-bond donors (Lipinski definition) is 0. The van der Waals surface area contributed by atoms with Gasteiger partial charge in [0.15, 0.2) is 0 Å². The van der Waals surface area contributed by atoms with Crippen LogP contribution in [-0.4, -0.2) is 4.98 Å². The zero-order valence-electron chi connectivity index (χ0n) is 10.1. The second-order valence-corrected chi connectivity index (χ2v) is 5.51. The van der Waals surface area contributed by atoms with Crippen LogP contribution in [0.25, 0.3) is 31.4 Å². The van der Waals surface area contributed by atoms with Crippen molar-refractivity contribution >= 4 is 31.5 Å². The first-order valence-corrected chi connectivity index (χ1v) is 6.98. The van der Waals surface area contributed by atoms with E-state index in [-0.39, 0.29) is 0 Å². The summed E-state index contributed by atoms with van der Waals surface area (Å²) in [6.07, 6.45) is 1.82. The predicted octanol–water partition coefficient (Wildman–Crippen LogP) is 4.92. The summed E-state index contributed by atoms with van der Waals surface area (Å²) in [5.74, 6) is 0. The second-order valence-electron chi connectivity index (χ2n) is 4.42. The number of nitrogens with zero attached hydrogens (tertiary/aromatic N) is 1. The molecule has 0 N–H and O–H groups in total. The molecule has 2 aromatic carbocycles. The van der Waals surface area contributed by atoms with Gasteiger partial charge < -0.3 is 0 Å². The van der Waals surface area contributed by atoms with Crippen molar-refractivity contribution < 1.29 is 0 Å². The highest BCUT2D eigenvalue weighted by Gasteiger charge is 2.07. The van der Waals surface area contributed by atoms with Crippen molar-refractivity contribution in [3.63, 3.8) is 0 Å². The van der Waals surface area contributed by atoms with Crippen molar-refractivity contribution in [2.45, 2.75) is 0 Å². The van der Waals surface area contributed by atoms with Gasteiger partial charge in [0.25, 0.3) is 0 Å². The predicted molar refractivity (Wildman–Crippen MR) is 81.4 cm³/mol. The lowest BCUT2D eigenvalue weighted by Crippen LogP contribution is -1.81. The van der Waals surface area contributed by atoms with Gasteiger partial charge in [-0.15, -0.1) is 11.3 Å². The summed E-state index contributed by atoms with van der Waals surface area (Å²) in [4.78, 5) is 4.39. The maximum absolute atomic E-state index is 4.39. The summed E-state index contributed by atoms with van der Waals surface area (Å²) in [6, 6.07) is 22.2. The number of fused-ring (bicyclic) bond motifs is 3. The maximum atomic E-state index is 4.39. The Morgan fingerprint density at radius 1 is 0.842 bits per heavy atom. The minimum Gasteiger partial charge on any atom is -0.256 e. The van der Waals surface area contributed by atoms with E-state index in [4.69, 9.17) is 0 Å². The number of benzene rings is 2. The summed E-state index contributed by atoms with van der Waals surface area (Å²) in [6.45, 7) is 0. The molecule has 0 bridgehead atoms. The average molecular weight is 260 g/mol. The summed E-state index contributed by atoms with van der Waals surface area (Å²) >= 11 is 1.81. The smallest absolute Gasteiger partial charge is 0.0708 e. The normalized spacial score (nSPS) is 11.2. The van der Waals surface area contributed by atoms with Crippen molar-refractivity contribution in [1.29, 1.82) is 0 Å². The number of pyridine rings is 1. The van der Waals surface area contributed by atoms with Crippen molar-refractivity contribution in [2.24, 2.45) is 0 Å². The Balaban J connectivity index is 2.03. The van der Waals surface area contributed by atoms with Gasteiger partial charge in [-0.25, -0.2) is 0 Å². The van der Waals surface area contributed by atoms with Crippen LogP contribution >= 0.6 is 11.3 Å². The molecule has 4 rings (SSSR count). The van der Waals surface area contributed by atoms with E-state index in [0.717, 1.165) is 11.3 Å². The van der Waals surface area contributed by atoms with Crippen LogP contribution in [0.2, 0.25) is 0 Å². The van der Waals surface area contributed by atoms with E-state index in [9.17, 15) is 0 Å². The van der Waals surface area contributed by atoms with E-state index in [1.807, 2.05) is 35.7 Å². The number of hydrogen-bond acceptors (Lipinski definition) is 2. The lowest BCUT2D eigenvalue weighted by Gasteiger charge is -2.00. The van der Waals surface area contributed by atoms with E-state index in [0.29, 0.717) is 0 Å². The molecule has 2 heterocycles.